The van der Waals surface area contributed by atoms with Crippen LogP contribution in [0.15, 0.2) is 0 Å². The molecule has 0 saturated carbocycles. The first-order valence-electron chi connectivity index (χ1n) is 10.2. The van der Waals surface area contributed by atoms with Gasteiger partial charge in [0.1, 0.15) is 0 Å². The maximum Gasteiger partial charge on any atom is 0.0249 e. The smallest absolute Gasteiger partial charge is 0.0249 e. The summed E-state index contributed by atoms with van der Waals surface area (Å²) in [5.41, 5.74) is 0. The fourth-order valence-corrected chi connectivity index (χ4v) is 3.40. The second kappa shape index (κ2) is 16.2. The molecule has 0 bridgehead atoms. The summed E-state index contributed by atoms with van der Waals surface area (Å²) in [6, 6.07) is 0. The number of halogens is 1. The monoisotopic (exact) mass is 330 g/mol. The highest BCUT2D eigenvalue weighted by Gasteiger charge is 2.05. The third-order valence-electron chi connectivity index (χ3n) is 5.10. The Morgan fingerprint density at radius 2 is 0.955 bits per heavy atom. The third kappa shape index (κ3) is 15.2. The average molecular weight is 331 g/mol. The van der Waals surface area contributed by atoms with Crippen LogP contribution in [0.25, 0.3) is 0 Å². The van der Waals surface area contributed by atoms with Crippen LogP contribution in [0.3, 0.4) is 0 Å². The first-order valence-corrected chi connectivity index (χ1v) is 10.7. The third-order valence-corrected chi connectivity index (χ3v) is 5.63. The fourth-order valence-electron chi connectivity index (χ4n) is 3.25. The van der Waals surface area contributed by atoms with Crippen LogP contribution in [-0.2, 0) is 0 Å². The molecule has 0 spiro atoms. The maximum absolute atomic E-state index is 5.86. The molecule has 1 heteroatoms. The zero-order valence-corrected chi connectivity index (χ0v) is 16.8. The van der Waals surface area contributed by atoms with E-state index in [1.165, 1.54) is 83.5 Å². The van der Waals surface area contributed by atoms with Crippen molar-refractivity contribution in [2.24, 2.45) is 17.8 Å². The van der Waals surface area contributed by atoms with Crippen LogP contribution in [0, 0.1) is 17.8 Å². The summed E-state index contributed by atoms with van der Waals surface area (Å²) in [4.78, 5) is 0. The lowest BCUT2D eigenvalue weighted by atomic mass is 9.94. The minimum Gasteiger partial charge on any atom is -0.126 e. The summed E-state index contributed by atoms with van der Waals surface area (Å²) < 4.78 is 0. The highest BCUT2D eigenvalue weighted by molar-refractivity contribution is 6.18. The molecule has 3 unspecified atom stereocenters. The molecule has 0 heterocycles. The molecule has 0 amide bonds. The normalized spacial score (nSPS) is 15.7. The predicted molar refractivity (Wildman–Crippen MR) is 104 cm³/mol. The quantitative estimate of drug-likeness (QED) is 0.197. The lowest BCUT2D eigenvalue weighted by Gasteiger charge is -2.13. The van der Waals surface area contributed by atoms with Gasteiger partial charge in [0.2, 0.25) is 0 Å². The van der Waals surface area contributed by atoms with Crippen LogP contribution in [-0.4, -0.2) is 5.88 Å². The molecule has 0 nitrogen and oxygen atoms in total. The van der Waals surface area contributed by atoms with Crippen molar-refractivity contribution in [1.29, 1.82) is 0 Å². The lowest BCUT2D eigenvalue weighted by Crippen LogP contribution is -2.00. The molecule has 0 N–H and O–H groups in total. The topological polar surface area (TPSA) is 0 Å². The van der Waals surface area contributed by atoms with Gasteiger partial charge in [0.15, 0.2) is 0 Å². The molecular formula is C21H43Cl. The molecule has 0 aliphatic rings. The molecule has 0 aromatic heterocycles. The molecule has 0 aromatic rings. The fraction of sp³-hybridized carbons (Fsp3) is 1.00. The minimum absolute atomic E-state index is 0.702. The van der Waals surface area contributed by atoms with Crippen molar-refractivity contribution in [3.63, 3.8) is 0 Å². The zero-order valence-electron chi connectivity index (χ0n) is 16.0. The van der Waals surface area contributed by atoms with Gasteiger partial charge in [-0.05, 0) is 24.2 Å². The average Bonchev–Trinajstić information content (AvgIpc) is 2.51. The van der Waals surface area contributed by atoms with Gasteiger partial charge in [0.05, 0.1) is 0 Å². The van der Waals surface area contributed by atoms with Gasteiger partial charge < -0.3 is 0 Å². The summed E-state index contributed by atoms with van der Waals surface area (Å²) in [5.74, 6) is 3.39. The van der Waals surface area contributed by atoms with Crippen LogP contribution in [0.2, 0.25) is 0 Å². The molecule has 3 atom stereocenters. The molecule has 0 fully saturated rings. The first kappa shape index (κ1) is 22.3. The Hall–Kier alpha value is 0.290. The van der Waals surface area contributed by atoms with Crippen molar-refractivity contribution in [3.8, 4) is 0 Å². The van der Waals surface area contributed by atoms with Crippen LogP contribution in [0.5, 0.6) is 0 Å². The summed E-state index contributed by atoms with van der Waals surface area (Å²) in [6.07, 6.45) is 18.4. The van der Waals surface area contributed by atoms with E-state index >= 15 is 0 Å². The zero-order chi connectivity index (χ0) is 16.6. The van der Waals surface area contributed by atoms with E-state index in [4.69, 9.17) is 11.6 Å². The standard InChI is InChI=1S/C21H43Cl/c1-5-6-13-19(2)14-10-8-7-9-11-15-20(3)16-12-17-21(4)18-22/h19-21H,5-18H2,1-4H3. The van der Waals surface area contributed by atoms with Gasteiger partial charge in [-0.1, -0.05) is 105 Å². The van der Waals surface area contributed by atoms with Crippen LogP contribution >= 0.6 is 11.6 Å². The molecule has 134 valence electrons. The predicted octanol–water partition coefficient (Wildman–Crippen LogP) is 8.22. The number of hydrogen-bond donors (Lipinski definition) is 0. The molecular weight excluding hydrogens is 288 g/mol. The van der Waals surface area contributed by atoms with E-state index in [9.17, 15) is 0 Å². The Morgan fingerprint density at radius 3 is 1.45 bits per heavy atom. The number of unbranched alkanes of at least 4 members (excludes halogenated alkanes) is 5. The van der Waals surface area contributed by atoms with E-state index in [0.29, 0.717) is 5.92 Å². The minimum atomic E-state index is 0.702. The highest BCUT2D eigenvalue weighted by Crippen LogP contribution is 2.20. The van der Waals surface area contributed by atoms with Gasteiger partial charge in [-0.15, -0.1) is 11.6 Å². The van der Waals surface area contributed by atoms with Crippen molar-refractivity contribution >= 4 is 11.6 Å². The molecule has 0 aromatic carbocycles. The van der Waals surface area contributed by atoms with Crippen LogP contribution in [0.4, 0.5) is 0 Å². The summed E-state index contributed by atoms with van der Waals surface area (Å²) in [6.45, 7) is 9.43. The van der Waals surface area contributed by atoms with Gasteiger partial charge in [0, 0.05) is 5.88 Å². The van der Waals surface area contributed by atoms with Crippen molar-refractivity contribution in [3.05, 3.63) is 0 Å². The maximum atomic E-state index is 5.86. The van der Waals surface area contributed by atoms with Gasteiger partial charge in [-0.3, -0.25) is 0 Å². The van der Waals surface area contributed by atoms with E-state index in [-0.39, 0.29) is 0 Å². The Kier molecular flexibility index (Phi) is 16.4. The summed E-state index contributed by atoms with van der Waals surface area (Å²) in [7, 11) is 0. The lowest BCUT2D eigenvalue weighted by molar-refractivity contribution is 0.412. The van der Waals surface area contributed by atoms with Gasteiger partial charge in [0.25, 0.3) is 0 Å². The van der Waals surface area contributed by atoms with Crippen molar-refractivity contribution in [2.75, 3.05) is 5.88 Å². The summed E-state index contributed by atoms with van der Waals surface area (Å²) >= 11 is 5.86. The molecule has 0 radical (unpaired) electrons. The molecule has 0 aliphatic carbocycles. The number of alkyl halides is 1. The molecule has 22 heavy (non-hydrogen) atoms. The van der Waals surface area contributed by atoms with E-state index < -0.39 is 0 Å². The second-order valence-electron chi connectivity index (χ2n) is 7.89. The highest BCUT2D eigenvalue weighted by atomic mass is 35.5. The van der Waals surface area contributed by atoms with E-state index in [1.807, 2.05) is 0 Å². The van der Waals surface area contributed by atoms with E-state index in [1.54, 1.807) is 0 Å². The Balaban J connectivity index is 3.28. The van der Waals surface area contributed by atoms with Gasteiger partial charge >= 0.3 is 0 Å². The molecule has 0 aliphatic heterocycles. The van der Waals surface area contributed by atoms with Crippen LogP contribution in [0.1, 0.15) is 111 Å². The SMILES string of the molecule is CCCCC(C)CCCCCCCC(C)CCCC(C)CCl. The number of hydrogen-bond acceptors (Lipinski definition) is 0. The Labute approximate surface area is 146 Å². The largest absolute Gasteiger partial charge is 0.126 e. The van der Waals surface area contributed by atoms with Crippen molar-refractivity contribution < 1.29 is 0 Å². The van der Waals surface area contributed by atoms with Crippen molar-refractivity contribution in [1.82, 2.24) is 0 Å². The van der Waals surface area contributed by atoms with E-state index in [2.05, 4.69) is 27.7 Å². The van der Waals surface area contributed by atoms with Gasteiger partial charge in [-0.2, -0.15) is 0 Å². The van der Waals surface area contributed by atoms with Crippen LogP contribution < -0.4 is 0 Å². The van der Waals surface area contributed by atoms with E-state index in [0.717, 1.165) is 17.7 Å². The van der Waals surface area contributed by atoms with Gasteiger partial charge in [-0.25, -0.2) is 0 Å². The second-order valence-corrected chi connectivity index (χ2v) is 8.20. The molecule has 0 rings (SSSR count). The van der Waals surface area contributed by atoms with Crippen molar-refractivity contribution in [2.45, 2.75) is 111 Å². The molecule has 0 saturated heterocycles. The Bertz CT molecular complexity index is 214. The summed E-state index contributed by atoms with van der Waals surface area (Å²) in [5, 5.41) is 0. The first-order chi connectivity index (χ1) is 10.6. The Morgan fingerprint density at radius 1 is 0.545 bits per heavy atom. The number of rotatable bonds is 16.